The molecule has 0 spiro atoms. The average Bonchev–Trinajstić information content (AvgIpc) is 2.15. The summed E-state index contributed by atoms with van der Waals surface area (Å²) < 4.78 is 22.2. The molecule has 0 N–H and O–H groups in total. The van der Waals surface area contributed by atoms with Crippen molar-refractivity contribution in [2.24, 2.45) is 0 Å². The second-order valence-corrected chi connectivity index (χ2v) is 5.73. The third-order valence-electron chi connectivity index (χ3n) is 1.94. The smallest absolute Gasteiger partial charge is 0.207 e. The van der Waals surface area contributed by atoms with E-state index in [4.69, 9.17) is 27.5 Å². The molecule has 0 aromatic heterocycles. The van der Waals surface area contributed by atoms with Gasteiger partial charge in [-0.05, 0) is 18.1 Å². The summed E-state index contributed by atoms with van der Waals surface area (Å²) in [6.45, 7) is 1.86. The first kappa shape index (κ1) is 12.3. The second kappa shape index (κ2) is 4.40. The summed E-state index contributed by atoms with van der Waals surface area (Å²) in [5, 5.41) is 8.98. The maximum absolute atomic E-state index is 11.1. The minimum absolute atomic E-state index is 0.0917. The van der Waals surface area contributed by atoms with Crippen LogP contribution in [0.1, 0.15) is 18.1 Å². The van der Waals surface area contributed by atoms with Crippen LogP contribution in [0.4, 0.5) is 0 Å². The van der Waals surface area contributed by atoms with E-state index in [1.54, 1.807) is 12.1 Å². The topological polar surface area (TPSA) is 57.9 Å². The first-order valence-electron chi connectivity index (χ1n) is 4.08. The average molecular weight is 264 g/mol. The fourth-order valence-electron chi connectivity index (χ4n) is 1.18. The van der Waals surface area contributed by atoms with Crippen molar-refractivity contribution in [1.29, 1.82) is 5.26 Å². The van der Waals surface area contributed by atoms with Crippen LogP contribution in [0.3, 0.4) is 0 Å². The van der Waals surface area contributed by atoms with Crippen LogP contribution in [0, 0.1) is 11.3 Å². The molecular formula is C9H7Cl2NO2S. The van der Waals surface area contributed by atoms with Crippen molar-refractivity contribution in [1.82, 2.24) is 0 Å². The lowest BCUT2D eigenvalue weighted by molar-refractivity contribution is 0.609. The lowest BCUT2D eigenvalue weighted by atomic mass is 10.1. The minimum atomic E-state index is -3.93. The van der Waals surface area contributed by atoms with E-state index < -0.39 is 9.05 Å². The van der Waals surface area contributed by atoms with Crippen LogP contribution < -0.4 is 0 Å². The summed E-state index contributed by atoms with van der Waals surface area (Å²) >= 11 is 5.87. The molecule has 15 heavy (non-hydrogen) atoms. The van der Waals surface area contributed by atoms with Crippen molar-refractivity contribution in [3.05, 3.63) is 28.3 Å². The van der Waals surface area contributed by atoms with E-state index in [0.717, 1.165) is 5.56 Å². The Kier molecular flexibility index (Phi) is 3.61. The van der Waals surface area contributed by atoms with Gasteiger partial charge in [-0.3, -0.25) is 0 Å². The molecule has 0 saturated heterocycles. The predicted octanol–water partition coefficient (Wildman–Crippen LogP) is 2.70. The van der Waals surface area contributed by atoms with Gasteiger partial charge in [0.05, 0.1) is 10.6 Å². The van der Waals surface area contributed by atoms with Crippen LogP contribution >= 0.6 is 22.3 Å². The molecule has 0 unspecified atom stereocenters. The lowest BCUT2D eigenvalue weighted by Gasteiger charge is -2.06. The van der Waals surface area contributed by atoms with Crippen LogP contribution in [-0.2, 0) is 15.5 Å². The maximum atomic E-state index is 11.1. The number of aryl methyl sites for hydroxylation is 1. The van der Waals surface area contributed by atoms with E-state index in [2.05, 4.69) is 0 Å². The molecule has 3 nitrogen and oxygen atoms in total. The van der Waals surface area contributed by atoms with Gasteiger partial charge in [-0.1, -0.05) is 24.6 Å². The van der Waals surface area contributed by atoms with E-state index in [9.17, 15) is 8.42 Å². The zero-order chi connectivity index (χ0) is 11.6. The molecule has 1 aromatic rings. The normalized spacial score (nSPS) is 11.1. The fourth-order valence-corrected chi connectivity index (χ4v) is 2.59. The third kappa shape index (κ3) is 2.43. The molecule has 1 rings (SSSR count). The van der Waals surface area contributed by atoms with Crippen molar-refractivity contribution < 1.29 is 8.42 Å². The number of benzene rings is 1. The highest BCUT2D eigenvalue weighted by molar-refractivity contribution is 8.13. The monoisotopic (exact) mass is 263 g/mol. The Morgan fingerprint density at radius 3 is 2.47 bits per heavy atom. The number of halogens is 2. The molecule has 0 aliphatic carbocycles. The van der Waals surface area contributed by atoms with Gasteiger partial charge in [0, 0.05) is 10.7 Å². The van der Waals surface area contributed by atoms with E-state index in [-0.39, 0.29) is 15.5 Å². The van der Waals surface area contributed by atoms with Crippen molar-refractivity contribution in [3.8, 4) is 6.07 Å². The summed E-state index contributed by atoms with van der Waals surface area (Å²) in [6.07, 6.45) is 0.621. The van der Waals surface area contributed by atoms with Crippen LogP contribution in [0.2, 0.25) is 5.02 Å². The number of rotatable bonds is 2. The summed E-state index contributed by atoms with van der Waals surface area (Å²) in [7, 11) is 1.24. The van der Waals surface area contributed by atoms with Gasteiger partial charge in [0.2, 0.25) is 0 Å². The molecule has 0 aliphatic rings. The first-order chi connectivity index (χ1) is 6.91. The van der Waals surface area contributed by atoms with Crippen molar-refractivity contribution in [2.45, 2.75) is 18.2 Å². The fraction of sp³-hybridized carbons (Fsp3) is 0.222. The Labute approximate surface area is 97.7 Å². The standard InChI is InChI=1S/C9H7Cl2NO2S/c1-2-6-3-4-8(15(11,13)14)7(5-12)9(6)10/h3-4H,2H2,1H3. The highest BCUT2D eigenvalue weighted by atomic mass is 35.7. The lowest BCUT2D eigenvalue weighted by Crippen LogP contribution is -1.98. The minimum Gasteiger partial charge on any atom is -0.207 e. The SMILES string of the molecule is CCc1ccc(S(=O)(=O)Cl)c(C#N)c1Cl. The molecule has 80 valence electrons. The zero-order valence-corrected chi connectivity index (χ0v) is 10.1. The van der Waals surface area contributed by atoms with Gasteiger partial charge < -0.3 is 0 Å². The van der Waals surface area contributed by atoms with E-state index >= 15 is 0 Å². The summed E-state index contributed by atoms with van der Waals surface area (Å²) in [4.78, 5) is -0.242. The molecule has 0 radical (unpaired) electrons. The first-order valence-corrected chi connectivity index (χ1v) is 6.76. The molecule has 0 fully saturated rings. The Morgan fingerprint density at radius 1 is 1.47 bits per heavy atom. The van der Waals surface area contributed by atoms with Gasteiger partial charge in [0.1, 0.15) is 11.0 Å². The molecule has 0 bridgehead atoms. The Bertz CT molecular complexity index is 532. The Morgan fingerprint density at radius 2 is 2.07 bits per heavy atom. The van der Waals surface area contributed by atoms with Crippen LogP contribution in [-0.4, -0.2) is 8.42 Å². The summed E-state index contributed by atoms with van der Waals surface area (Å²) in [6, 6.07) is 4.60. The van der Waals surface area contributed by atoms with Crippen molar-refractivity contribution >= 4 is 31.3 Å². The Hall–Kier alpha value is -0.760. The van der Waals surface area contributed by atoms with Gasteiger partial charge in [0.15, 0.2) is 0 Å². The summed E-state index contributed by atoms with van der Waals surface area (Å²) in [5.74, 6) is 0. The molecule has 0 heterocycles. The zero-order valence-electron chi connectivity index (χ0n) is 7.79. The largest absolute Gasteiger partial charge is 0.262 e. The quantitative estimate of drug-likeness (QED) is 0.771. The number of hydrogen-bond donors (Lipinski definition) is 0. The van der Waals surface area contributed by atoms with Crippen molar-refractivity contribution in [3.63, 3.8) is 0 Å². The second-order valence-electron chi connectivity index (χ2n) is 2.82. The van der Waals surface area contributed by atoms with Crippen molar-refractivity contribution in [2.75, 3.05) is 0 Å². The Balaban J connectivity index is 3.61. The van der Waals surface area contributed by atoms with Gasteiger partial charge >= 0.3 is 0 Å². The molecule has 6 heteroatoms. The van der Waals surface area contributed by atoms with Crippen LogP contribution in [0.15, 0.2) is 17.0 Å². The number of nitriles is 1. The number of hydrogen-bond acceptors (Lipinski definition) is 3. The third-order valence-corrected chi connectivity index (χ3v) is 3.74. The van der Waals surface area contributed by atoms with E-state index in [0.29, 0.717) is 6.42 Å². The molecule has 0 atom stereocenters. The highest BCUT2D eigenvalue weighted by Crippen LogP contribution is 2.29. The van der Waals surface area contributed by atoms with Crippen LogP contribution in [0.25, 0.3) is 0 Å². The van der Waals surface area contributed by atoms with Gasteiger partial charge in [-0.2, -0.15) is 5.26 Å². The maximum Gasteiger partial charge on any atom is 0.262 e. The summed E-state index contributed by atoms with van der Waals surface area (Å²) in [5.41, 5.74) is 0.628. The predicted molar refractivity (Wildman–Crippen MR) is 58.6 cm³/mol. The van der Waals surface area contributed by atoms with Gasteiger partial charge in [-0.15, -0.1) is 0 Å². The van der Waals surface area contributed by atoms with Gasteiger partial charge in [0.25, 0.3) is 9.05 Å². The van der Waals surface area contributed by atoms with Gasteiger partial charge in [-0.25, -0.2) is 8.42 Å². The molecule has 1 aromatic carbocycles. The van der Waals surface area contributed by atoms with E-state index in [1.807, 2.05) is 6.92 Å². The highest BCUT2D eigenvalue weighted by Gasteiger charge is 2.19. The molecular weight excluding hydrogens is 257 g/mol. The van der Waals surface area contributed by atoms with Crippen LogP contribution in [0.5, 0.6) is 0 Å². The van der Waals surface area contributed by atoms with E-state index in [1.165, 1.54) is 6.07 Å². The molecule has 0 aliphatic heterocycles. The molecule has 0 amide bonds. The number of nitrogens with zero attached hydrogens (tertiary/aromatic N) is 1. The molecule has 0 saturated carbocycles.